The van der Waals surface area contributed by atoms with Gasteiger partial charge in [-0.25, -0.2) is 4.98 Å². The molecule has 0 amide bonds. The van der Waals surface area contributed by atoms with Crippen LogP contribution in [0.4, 0.5) is 0 Å². The average Bonchev–Trinajstić information content (AvgIpc) is 2.04. The van der Waals surface area contributed by atoms with Crippen LogP contribution in [0.15, 0.2) is 12.1 Å². The van der Waals surface area contributed by atoms with Crippen LogP contribution in [0.1, 0.15) is 19.0 Å². The number of ether oxygens (including phenoxy) is 1. The minimum absolute atomic E-state index is 0.498. The van der Waals surface area contributed by atoms with E-state index < -0.39 is 0 Å². The summed E-state index contributed by atoms with van der Waals surface area (Å²) in [5.41, 5.74) is 0.988. The van der Waals surface area contributed by atoms with Gasteiger partial charge in [0.2, 0.25) is 0 Å². The van der Waals surface area contributed by atoms with Gasteiger partial charge in [0.05, 0.1) is 7.11 Å². The lowest BCUT2D eigenvalue weighted by atomic mass is 10.2. The van der Waals surface area contributed by atoms with Crippen molar-refractivity contribution in [2.24, 2.45) is 0 Å². The molecule has 12 heavy (non-hydrogen) atoms. The van der Waals surface area contributed by atoms with Gasteiger partial charge in [-0.2, -0.15) is 0 Å². The zero-order valence-electron chi connectivity index (χ0n) is 7.30. The Morgan fingerprint density at radius 2 is 2.25 bits per heavy atom. The number of rotatable bonds is 3. The molecule has 1 aromatic heterocycles. The first kappa shape index (κ1) is 9.33. The molecule has 2 nitrogen and oxygen atoms in total. The summed E-state index contributed by atoms with van der Waals surface area (Å²) in [5.74, 6) is 0.776. The molecule has 0 aromatic carbocycles. The molecular formula is C9H12ClNO. The summed E-state index contributed by atoms with van der Waals surface area (Å²) in [6.07, 6.45) is 2.01. The highest BCUT2D eigenvalue weighted by Crippen LogP contribution is 2.17. The van der Waals surface area contributed by atoms with Crippen LogP contribution in [-0.2, 0) is 6.42 Å². The Bertz CT molecular complexity index is 263. The monoisotopic (exact) mass is 185 g/mol. The van der Waals surface area contributed by atoms with E-state index in [1.807, 2.05) is 6.07 Å². The van der Waals surface area contributed by atoms with E-state index in [1.54, 1.807) is 13.2 Å². The Morgan fingerprint density at radius 3 is 2.83 bits per heavy atom. The maximum absolute atomic E-state index is 5.77. The fourth-order valence-electron chi connectivity index (χ4n) is 1.03. The Kier molecular flexibility index (Phi) is 3.35. The SMILES string of the molecule is CCCc1cc(OC)cc(Cl)n1. The van der Waals surface area contributed by atoms with Gasteiger partial charge < -0.3 is 4.74 Å². The Morgan fingerprint density at radius 1 is 1.50 bits per heavy atom. The zero-order chi connectivity index (χ0) is 8.97. The van der Waals surface area contributed by atoms with Crippen molar-refractivity contribution in [1.29, 1.82) is 0 Å². The van der Waals surface area contributed by atoms with Crippen LogP contribution in [0.2, 0.25) is 5.15 Å². The van der Waals surface area contributed by atoms with Gasteiger partial charge in [-0.05, 0) is 6.42 Å². The van der Waals surface area contributed by atoms with E-state index in [9.17, 15) is 0 Å². The van der Waals surface area contributed by atoms with Crippen LogP contribution in [0.25, 0.3) is 0 Å². The van der Waals surface area contributed by atoms with Crippen molar-refractivity contribution in [1.82, 2.24) is 4.98 Å². The molecule has 1 heterocycles. The Balaban J connectivity index is 2.90. The van der Waals surface area contributed by atoms with Gasteiger partial charge in [-0.3, -0.25) is 0 Å². The molecule has 0 aliphatic rings. The van der Waals surface area contributed by atoms with E-state index in [-0.39, 0.29) is 0 Å². The van der Waals surface area contributed by atoms with Crippen molar-refractivity contribution in [3.8, 4) is 5.75 Å². The standard InChI is InChI=1S/C9H12ClNO/c1-3-4-7-5-8(12-2)6-9(10)11-7/h5-6H,3-4H2,1-2H3. The summed E-state index contributed by atoms with van der Waals surface area (Å²) in [4.78, 5) is 4.16. The number of aryl methyl sites for hydroxylation is 1. The van der Waals surface area contributed by atoms with Crippen LogP contribution in [-0.4, -0.2) is 12.1 Å². The first-order valence-electron chi connectivity index (χ1n) is 3.96. The first-order chi connectivity index (χ1) is 5.76. The molecule has 0 atom stereocenters. The second kappa shape index (κ2) is 4.31. The van der Waals surface area contributed by atoms with Gasteiger partial charge in [0.1, 0.15) is 10.9 Å². The predicted octanol–water partition coefficient (Wildman–Crippen LogP) is 2.70. The Labute approximate surface area is 77.5 Å². The number of nitrogens with zero attached hydrogens (tertiary/aromatic N) is 1. The van der Waals surface area contributed by atoms with E-state index >= 15 is 0 Å². The average molecular weight is 186 g/mol. The lowest BCUT2D eigenvalue weighted by Crippen LogP contribution is -1.91. The summed E-state index contributed by atoms with van der Waals surface area (Å²) in [6, 6.07) is 3.62. The van der Waals surface area contributed by atoms with Crippen molar-refractivity contribution >= 4 is 11.6 Å². The third kappa shape index (κ3) is 2.38. The highest BCUT2D eigenvalue weighted by atomic mass is 35.5. The minimum atomic E-state index is 0.498. The lowest BCUT2D eigenvalue weighted by Gasteiger charge is -2.03. The predicted molar refractivity (Wildman–Crippen MR) is 49.8 cm³/mol. The first-order valence-corrected chi connectivity index (χ1v) is 4.34. The molecule has 0 aliphatic heterocycles. The van der Waals surface area contributed by atoms with Gasteiger partial charge >= 0.3 is 0 Å². The van der Waals surface area contributed by atoms with Crippen molar-refractivity contribution < 1.29 is 4.74 Å². The van der Waals surface area contributed by atoms with Gasteiger partial charge in [-0.1, -0.05) is 24.9 Å². The van der Waals surface area contributed by atoms with Crippen molar-refractivity contribution in [3.63, 3.8) is 0 Å². The van der Waals surface area contributed by atoms with Gasteiger partial charge in [0, 0.05) is 17.8 Å². The molecule has 0 N–H and O–H groups in total. The quantitative estimate of drug-likeness (QED) is 0.676. The molecule has 1 aromatic rings. The van der Waals surface area contributed by atoms with Crippen molar-refractivity contribution in [3.05, 3.63) is 23.0 Å². The van der Waals surface area contributed by atoms with Crippen molar-refractivity contribution in [2.45, 2.75) is 19.8 Å². The van der Waals surface area contributed by atoms with Gasteiger partial charge in [0.15, 0.2) is 0 Å². The highest BCUT2D eigenvalue weighted by molar-refractivity contribution is 6.29. The largest absolute Gasteiger partial charge is 0.497 e. The van der Waals surface area contributed by atoms with E-state index in [4.69, 9.17) is 16.3 Å². The summed E-state index contributed by atoms with van der Waals surface area (Å²) in [7, 11) is 1.63. The third-order valence-electron chi connectivity index (χ3n) is 1.56. The van der Waals surface area contributed by atoms with E-state index in [1.165, 1.54) is 0 Å². The van der Waals surface area contributed by atoms with Crippen LogP contribution in [0.3, 0.4) is 0 Å². The van der Waals surface area contributed by atoms with Crippen LogP contribution < -0.4 is 4.74 Å². The van der Waals surface area contributed by atoms with Gasteiger partial charge in [-0.15, -0.1) is 0 Å². The normalized spacial score (nSPS) is 9.92. The highest BCUT2D eigenvalue weighted by Gasteiger charge is 1.99. The van der Waals surface area contributed by atoms with Crippen LogP contribution >= 0.6 is 11.6 Å². The second-order valence-corrected chi connectivity index (χ2v) is 2.96. The third-order valence-corrected chi connectivity index (χ3v) is 1.76. The van der Waals surface area contributed by atoms with Gasteiger partial charge in [0.25, 0.3) is 0 Å². The fourth-order valence-corrected chi connectivity index (χ4v) is 1.24. The number of aromatic nitrogens is 1. The molecule has 0 saturated heterocycles. The molecule has 0 aliphatic carbocycles. The molecule has 66 valence electrons. The number of pyridine rings is 1. The number of methoxy groups -OCH3 is 1. The van der Waals surface area contributed by atoms with E-state index in [0.717, 1.165) is 24.3 Å². The summed E-state index contributed by atoms with van der Waals surface area (Å²) in [6.45, 7) is 2.11. The molecular weight excluding hydrogens is 174 g/mol. The summed E-state index contributed by atoms with van der Waals surface area (Å²) in [5, 5.41) is 0.498. The molecule has 0 unspecified atom stereocenters. The second-order valence-electron chi connectivity index (χ2n) is 2.57. The van der Waals surface area contributed by atoms with E-state index in [2.05, 4.69) is 11.9 Å². The zero-order valence-corrected chi connectivity index (χ0v) is 8.06. The number of halogens is 1. The maximum Gasteiger partial charge on any atom is 0.133 e. The summed E-state index contributed by atoms with van der Waals surface area (Å²) >= 11 is 5.77. The lowest BCUT2D eigenvalue weighted by molar-refractivity contribution is 0.413. The fraction of sp³-hybridized carbons (Fsp3) is 0.444. The molecule has 0 radical (unpaired) electrons. The minimum Gasteiger partial charge on any atom is -0.497 e. The molecule has 1 rings (SSSR count). The molecule has 0 fully saturated rings. The summed E-state index contributed by atoms with van der Waals surface area (Å²) < 4.78 is 5.06. The molecule has 3 heteroatoms. The molecule has 0 saturated carbocycles. The van der Waals surface area contributed by atoms with Crippen LogP contribution in [0.5, 0.6) is 5.75 Å². The topological polar surface area (TPSA) is 22.1 Å². The number of hydrogen-bond donors (Lipinski definition) is 0. The van der Waals surface area contributed by atoms with E-state index in [0.29, 0.717) is 5.15 Å². The molecule has 0 bridgehead atoms. The van der Waals surface area contributed by atoms with Crippen molar-refractivity contribution in [2.75, 3.05) is 7.11 Å². The molecule has 0 spiro atoms. The Hall–Kier alpha value is -0.760. The van der Waals surface area contributed by atoms with Crippen LogP contribution in [0, 0.1) is 0 Å². The maximum atomic E-state index is 5.77. The number of hydrogen-bond acceptors (Lipinski definition) is 2. The smallest absolute Gasteiger partial charge is 0.133 e.